The van der Waals surface area contributed by atoms with Crippen LogP contribution in [0.4, 0.5) is 0 Å². The molecule has 0 saturated heterocycles. The van der Waals surface area contributed by atoms with E-state index in [9.17, 15) is 4.79 Å². The van der Waals surface area contributed by atoms with E-state index in [0.29, 0.717) is 0 Å². The normalized spacial score (nSPS) is 16.4. The Balaban J connectivity index is 3.58. The number of esters is 1. The number of carbonyl (C=O) groups excluding carboxylic acids is 1. The van der Waals surface area contributed by atoms with Gasteiger partial charge >= 0.3 is 5.97 Å². The summed E-state index contributed by atoms with van der Waals surface area (Å²) in [5, 5.41) is 0. The van der Waals surface area contributed by atoms with Gasteiger partial charge in [-0.05, 0) is 0 Å². The summed E-state index contributed by atoms with van der Waals surface area (Å²) in [4.78, 5) is 10.4. The number of nitrogens with two attached hydrogens (primary N) is 1. The lowest BCUT2D eigenvalue weighted by Crippen LogP contribution is -2.08. The average Bonchev–Trinajstić information content (AvgIpc) is 1.59. The van der Waals surface area contributed by atoms with Crippen molar-refractivity contribution in [1.29, 1.82) is 0 Å². The third-order valence-corrected chi connectivity index (χ3v) is 0.462. The van der Waals surface area contributed by atoms with Crippen molar-refractivity contribution >= 4 is 5.97 Å². The van der Waals surface area contributed by atoms with E-state index in [-0.39, 0.29) is 13.0 Å². The Morgan fingerprint density at radius 3 is 3.29 bits per heavy atom. The van der Waals surface area contributed by atoms with Crippen LogP contribution >= 0.6 is 0 Å². The fourth-order valence-electron chi connectivity index (χ4n) is 0.169. The van der Waals surface area contributed by atoms with E-state index in [0.717, 1.165) is 0 Å². The molecule has 0 spiro atoms. The first-order valence-corrected chi connectivity index (χ1v) is 1.87. The highest BCUT2D eigenvalue weighted by atomic mass is 16.5. The number of hydrogen-bond donors (Lipinski definition) is 1. The standard InChI is InChI=1S/C4H9NO2/c1-7-4(6)2-3-5/h2-3,5H2,1H3/i1D3. The molecule has 2 N–H and O–H groups in total. The SMILES string of the molecule is [2H]C([2H])([2H])OC(=O)CCN. The zero-order valence-electron chi connectivity index (χ0n) is 6.81. The molecule has 0 saturated carbocycles. The molecule has 0 radical (unpaired) electrons. The van der Waals surface area contributed by atoms with Gasteiger partial charge in [-0.25, -0.2) is 0 Å². The first-order chi connectivity index (χ1) is 4.45. The Bertz CT molecular complexity index is 122. The summed E-state index contributed by atoms with van der Waals surface area (Å²) in [6.07, 6.45) is -0.0572. The Morgan fingerprint density at radius 2 is 2.86 bits per heavy atom. The third-order valence-electron chi connectivity index (χ3n) is 0.462. The largest absolute Gasteiger partial charge is 0.469 e. The molecule has 0 atom stereocenters. The second kappa shape index (κ2) is 3.61. The second-order valence-corrected chi connectivity index (χ2v) is 1.01. The molecule has 3 heteroatoms. The molecular formula is C4H9NO2. The highest BCUT2D eigenvalue weighted by Crippen LogP contribution is 1.76. The second-order valence-electron chi connectivity index (χ2n) is 1.01. The molecule has 0 fully saturated rings. The number of carbonyl (C=O) groups is 1. The van der Waals surface area contributed by atoms with Crippen LogP contribution in [0.3, 0.4) is 0 Å². The predicted octanol–water partition coefficient (Wildman–Crippen LogP) is -0.492. The van der Waals surface area contributed by atoms with Crippen LogP contribution in [-0.2, 0) is 9.53 Å². The lowest BCUT2D eigenvalue weighted by Gasteiger charge is -1.91. The van der Waals surface area contributed by atoms with Crippen molar-refractivity contribution in [2.24, 2.45) is 5.73 Å². The van der Waals surface area contributed by atoms with Crippen molar-refractivity contribution < 1.29 is 13.6 Å². The van der Waals surface area contributed by atoms with Crippen LogP contribution in [0.5, 0.6) is 0 Å². The number of ether oxygens (including phenoxy) is 1. The van der Waals surface area contributed by atoms with Crippen LogP contribution in [0.15, 0.2) is 0 Å². The fraction of sp³-hybridized carbons (Fsp3) is 0.750. The lowest BCUT2D eigenvalue weighted by molar-refractivity contribution is -0.140. The first-order valence-electron chi connectivity index (χ1n) is 3.37. The van der Waals surface area contributed by atoms with Crippen LogP contribution < -0.4 is 5.73 Å². The van der Waals surface area contributed by atoms with Gasteiger partial charge in [-0.3, -0.25) is 4.79 Å². The van der Waals surface area contributed by atoms with Gasteiger partial charge in [0.1, 0.15) is 0 Å². The van der Waals surface area contributed by atoms with E-state index in [1.807, 2.05) is 0 Å². The molecule has 0 bridgehead atoms. The van der Waals surface area contributed by atoms with E-state index in [4.69, 9.17) is 9.85 Å². The van der Waals surface area contributed by atoms with Gasteiger partial charge in [-0.2, -0.15) is 0 Å². The van der Waals surface area contributed by atoms with Gasteiger partial charge in [0.15, 0.2) is 0 Å². The molecule has 0 amide bonds. The van der Waals surface area contributed by atoms with Crippen molar-refractivity contribution in [2.75, 3.05) is 13.6 Å². The van der Waals surface area contributed by atoms with Gasteiger partial charge < -0.3 is 10.5 Å². The number of rotatable bonds is 2. The lowest BCUT2D eigenvalue weighted by atomic mass is 10.4. The minimum Gasteiger partial charge on any atom is -0.469 e. The molecule has 0 aromatic heterocycles. The van der Waals surface area contributed by atoms with Gasteiger partial charge in [0, 0.05) is 6.54 Å². The molecule has 0 aliphatic heterocycles. The Labute approximate surface area is 46.7 Å². The maximum absolute atomic E-state index is 10.4. The zero-order chi connectivity index (χ0) is 8.20. The van der Waals surface area contributed by atoms with Crippen LogP contribution in [-0.4, -0.2) is 19.6 Å². The summed E-state index contributed by atoms with van der Waals surface area (Å²) < 4.78 is 23.4. The molecule has 0 aliphatic rings. The number of methoxy groups -OCH3 is 1. The Hall–Kier alpha value is -0.570. The summed E-state index contributed by atoms with van der Waals surface area (Å²) in [5.41, 5.74) is 4.96. The van der Waals surface area contributed by atoms with Crippen LogP contribution in [0, 0.1) is 0 Å². The summed E-state index contributed by atoms with van der Waals surface area (Å²) in [5.74, 6) is -0.789. The van der Waals surface area contributed by atoms with Crippen molar-refractivity contribution in [3.63, 3.8) is 0 Å². The highest BCUT2D eigenvalue weighted by Gasteiger charge is 1.92. The quantitative estimate of drug-likeness (QED) is 0.483. The van der Waals surface area contributed by atoms with E-state index in [1.54, 1.807) is 0 Å². The van der Waals surface area contributed by atoms with Gasteiger partial charge in [0.05, 0.1) is 17.6 Å². The van der Waals surface area contributed by atoms with E-state index in [1.165, 1.54) is 0 Å². The molecule has 0 unspecified atom stereocenters. The minimum absolute atomic E-state index is 0.0572. The molecule has 0 aliphatic carbocycles. The topological polar surface area (TPSA) is 52.3 Å². The predicted molar refractivity (Wildman–Crippen MR) is 25.7 cm³/mol. The van der Waals surface area contributed by atoms with Gasteiger partial charge in [-0.1, -0.05) is 0 Å². The zero-order valence-corrected chi connectivity index (χ0v) is 3.81. The maximum Gasteiger partial charge on any atom is 0.306 e. The van der Waals surface area contributed by atoms with Crippen molar-refractivity contribution in [3.8, 4) is 0 Å². The van der Waals surface area contributed by atoms with E-state index in [2.05, 4.69) is 4.74 Å². The van der Waals surface area contributed by atoms with Crippen LogP contribution in [0.25, 0.3) is 0 Å². The third kappa shape index (κ3) is 3.26. The molecule has 7 heavy (non-hydrogen) atoms. The van der Waals surface area contributed by atoms with E-state index >= 15 is 0 Å². The monoisotopic (exact) mass is 106 g/mol. The van der Waals surface area contributed by atoms with Crippen molar-refractivity contribution in [2.45, 2.75) is 6.42 Å². The Morgan fingerprint density at radius 1 is 2.14 bits per heavy atom. The van der Waals surface area contributed by atoms with Gasteiger partial charge in [-0.15, -0.1) is 0 Å². The molecular weight excluding hydrogens is 94.0 g/mol. The van der Waals surface area contributed by atoms with Crippen molar-refractivity contribution in [1.82, 2.24) is 0 Å². The maximum atomic E-state index is 10.4. The Kier molecular flexibility index (Phi) is 1.38. The molecule has 0 aromatic carbocycles. The number of hydrogen-bond acceptors (Lipinski definition) is 3. The minimum atomic E-state index is -2.63. The molecule has 42 valence electrons. The first kappa shape index (κ1) is 2.67. The average molecular weight is 106 g/mol. The fourth-order valence-corrected chi connectivity index (χ4v) is 0.169. The highest BCUT2D eigenvalue weighted by molar-refractivity contribution is 5.69. The van der Waals surface area contributed by atoms with Crippen LogP contribution in [0.2, 0.25) is 0 Å². The van der Waals surface area contributed by atoms with Crippen LogP contribution in [0.1, 0.15) is 10.5 Å². The van der Waals surface area contributed by atoms with E-state index < -0.39 is 13.0 Å². The van der Waals surface area contributed by atoms with Crippen molar-refractivity contribution in [3.05, 3.63) is 0 Å². The molecule has 3 nitrogen and oxygen atoms in total. The summed E-state index contributed by atoms with van der Waals surface area (Å²) in [7, 11) is -2.63. The van der Waals surface area contributed by atoms with Gasteiger partial charge in [0.25, 0.3) is 0 Å². The van der Waals surface area contributed by atoms with Gasteiger partial charge in [0.2, 0.25) is 0 Å². The smallest absolute Gasteiger partial charge is 0.306 e. The summed E-state index contributed by atoms with van der Waals surface area (Å²) in [6, 6.07) is 0. The summed E-state index contributed by atoms with van der Waals surface area (Å²) in [6.45, 7) is 0.106. The molecule has 0 heterocycles. The molecule has 0 rings (SSSR count). The molecule has 0 aromatic rings. The summed E-state index contributed by atoms with van der Waals surface area (Å²) >= 11 is 0.